The Morgan fingerprint density at radius 2 is 1.81 bits per heavy atom. The van der Waals surface area contributed by atoms with Crippen molar-refractivity contribution in [2.45, 2.75) is 26.3 Å². The molecule has 0 fully saturated rings. The van der Waals surface area contributed by atoms with Crippen LogP contribution >= 0.6 is 0 Å². The van der Waals surface area contributed by atoms with Crippen LogP contribution in [0.2, 0.25) is 0 Å². The van der Waals surface area contributed by atoms with Crippen LogP contribution in [0.15, 0.2) is 47.3 Å². The molecule has 1 heterocycles. The third kappa shape index (κ3) is 4.02. The largest absolute Gasteiger partial charge is 0.494 e. The summed E-state index contributed by atoms with van der Waals surface area (Å²) in [6, 6.07) is 8.76. The number of ether oxygens (including phenoxy) is 1. The molecule has 3 rings (SSSR count). The van der Waals surface area contributed by atoms with Crippen molar-refractivity contribution in [3.05, 3.63) is 64.3 Å². The molecule has 0 saturated carbocycles. The lowest BCUT2D eigenvalue weighted by molar-refractivity contribution is 0.0696. The third-order valence-electron chi connectivity index (χ3n) is 4.36. The van der Waals surface area contributed by atoms with Crippen LogP contribution in [0.5, 0.6) is 5.75 Å². The van der Waals surface area contributed by atoms with Crippen LogP contribution in [0.25, 0.3) is 5.69 Å². The number of carboxylic acids is 1. The van der Waals surface area contributed by atoms with Crippen LogP contribution in [0, 0.1) is 5.82 Å². The molecular formula is C20H20FN5O5. The highest BCUT2D eigenvalue weighted by molar-refractivity contribution is 5.96. The van der Waals surface area contributed by atoms with Crippen molar-refractivity contribution in [2.75, 3.05) is 12.0 Å². The molecule has 0 unspecified atom stereocenters. The first-order valence-corrected chi connectivity index (χ1v) is 9.12. The fourth-order valence-corrected chi connectivity index (χ4v) is 3.03. The second-order valence-corrected chi connectivity index (χ2v) is 7.52. The lowest BCUT2D eigenvalue weighted by Gasteiger charge is -2.34. The normalized spacial score (nSPS) is 11.3. The number of benzene rings is 2. The van der Waals surface area contributed by atoms with Crippen LogP contribution in [0.3, 0.4) is 0 Å². The molecule has 2 aromatic carbocycles. The Hall–Kier alpha value is -4.02. The highest BCUT2D eigenvalue weighted by Crippen LogP contribution is 2.26. The Kier molecular flexibility index (Phi) is 5.60. The van der Waals surface area contributed by atoms with E-state index in [9.17, 15) is 23.9 Å². The predicted octanol–water partition coefficient (Wildman–Crippen LogP) is 2.55. The number of carbonyl (C=O) groups is 2. The van der Waals surface area contributed by atoms with Gasteiger partial charge in [0.05, 0.1) is 12.7 Å². The summed E-state index contributed by atoms with van der Waals surface area (Å²) >= 11 is 0. The van der Waals surface area contributed by atoms with Gasteiger partial charge in [0, 0.05) is 11.2 Å². The maximum absolute atomic E-state index is 14.4. The zero-order chi connectivity index (χ0) is 22.9. The molecule has 1 N–H and O–H groups in total. The Balaban J connectivity index is 2.13. The topological polar surface area (TPSA) is 120 Å². The summed E-state index contributed by atoms with van der Waals surface area (Å²) in [6.45, 7) is 5.11. The minimum absolute atomic E-state index is 0.0310. The van der Waals surface area contributed by atoms with Crippen LogP contribution in [0.1, 0.15) is 31.1 Å². The van der Waals surface area contributed by atoms with Crippen molar-refractivity contribution in [3.63, 3.8) is 0 Å². The summed E-state index contributed by atoms with van der Waals surface area (Å²) in [5.74, 6) is -1.93. The molecule has 1 amide bonds. The van der Waals surface area contributed by atoms with Gasteiger partial charge in [-0.3, -0.25) is 4.90 Å². The van der Waals surface area contributed by atoms with E-state index in [1.165, 1.54) is 48.4 Å². The minimum Gasteiger partial charge on any atom is -0.494 e. The van der Waals surface area contributed by atoms with E-state index in [0.717, 1.165) is 6.07 Å². The average molecular weight is 429 g/mol. The predicted molar refractivity (Wildman–Crippen MR) is 109 cm³/mol. The van der Waals surface area contributed by atoms with Crippen molar-refractivity contribution in [3.8, 4) is 11.4 Å². The van der Waals surface area contributed by atoms with Gasteiger partial charge in [-0.15, -0.1) is 4.68 Å². The van der Waals surface area contributed by atoms with Gasteiger partial charge in [-0.05, 0) is 61.5 Å². The Labute approximate surface area is 176 Å². The number of carbonyl (C=O) groups excluding carboxylic acids is 1. The van der Waals surface area contributed by atoms with Crippen molar-refractivity contribution >= 4 is 17.7 Å². The second kappa shape index (κ2) is 8.01. The first kappa shape index (κ1) is 21.7. The standard InChI is InChI=1S/C20H20FN5O5/c1-20(2,3)24(13-8-5-7-12(11-13)17(27)28)18(29)26-19(30)25(22-23-26)16-14(21)9-6-10-15(16)31-4/h5-11H,1-4H3,(H,27,28). The smallest absolute Gasteiger partial charge is 0.377 e. The first-order chi connectivity index (χ1) is 14.6. The number of anilines is 1. The van der Waals surface area contributed by atoms with Gasteiger partial charge in [-0.25, -0.2) is 18.8 Å². The van der Waals surface area contributed by atoms with E-state index in [0.29, 0.717) is 9.36 Å². The lowest BCUT2D eigenvalue weighted by Crippen LogP contribution is -2.50. The quantitative estimate of drug-likeness (QED) is 0.633. The number of halogens is 1. The van der Waals surface area contributed by atoms with Gasteiger partial charge in [0.2, 0.25) is 0 Å². The number of nitrogens with zero attached hydrogens (tertiary/aromatic N) is 5. The summed E-state index contributed by atoms with van der Waals surface area (Å²) in [5.41, 5.74) is -1.97. The lowest BCUT2D eigenvalue weighted by atomic mass is 10.0. The van der Waals surface area contributed by atoms with E-state index in [4.69, 9.17) is 4.74 Å². The van der Waals surface area contributed by atoms with Gasteiger partial charge in [0.1, 0.15) is 11.4 Å². The summed E-state index contributed by atoms with van der Waals surface area (Å²) in [5, 5.41) is 16.5. The molecule has 31 heavy (non-hydrogen) atoms. The highest BCUT2D eigenvalue weighted by Gasteiger charge is 2.33. The Morgan fingerprint density at radius 1 is 1.13 bits per heavy atom. The number of para-hydroxylation sites is 1. The number of aromatic carboxylic acids is 1. The molecule has 162 valence electrons. The maximum Gasteiger partial charge on any atom is 0.377 e. The van der Waals surface area contributed by atoms with Crippen LogP contribution in [-0.2, 0) is 0 Å². The van der Waals surface area contributed by atoms with Crippen molar-refractivity contribution in [1.82, 2.24) is 19.8 Å². The molecule has 0 spiro atoms. The van der Waals surface area contributed by atoms with Crippen molar-refractivity contribution in [2.24, 2.45) is 0 Å². The fraction of sp³-hybridized carbons (Fsp3) is 0.250. The van der Waals surface area contributed by atoms with Gasteiger partial charge in [-0.1, -0.05) is 12.1 Å². The molecule has 3 aromatic rings. The van der Waals surface area contributed by atoms with E-state index in [2.05, 4.69) is 10.4 Å². The molecular weight excluding hydrogens is 409 g/mol. The van der Waals surface area contributed by atoms with Gasteiger partial charge >= 0.3 is 17.7 Å². The Morgan fingerprint density at radius 3 is 2.42 bits per heavy atom. The number of hydrogen-bond acceptors (Lipinski definition) is 6. The molecule has 1 aromatic heterocycles. The molecule has 0 aliphatic heterocycles. The molecule has 0 saturated heterocycles. The number of rotatable bonds is 4. The second-order valence-electron chi connectivity index (χ2n) is 7.52. The first-order valence-electron chi connectivity index (χ1n) is 9.12. The third-order valence-corrected chi connectivity index (χ3v) is 4.36. The molecule has 0 bridgehead atoms. The molecule has 0 aliphatic carbocycles. The average Bonchev–Trinajstić information content (AvgIpc) is 3.08. The molecule has 11 heteroatoms. The SMILES string of the molecule is COc1cccc(F)c1-n1nnn(C(=O)N(c2cccc(C(=O)O)c2)C(C)(C)C)c1=O. The number of methoxy groups -OCH3 is 1. The Bertz CT molecular complexity index is 1210. The van der Waals surface area contributed by atoms with E-state index >= 15 is 0 Å². The fourth-order valence-electron chi connectivity index (χ4n) is 3.03. The van der Waals surface area contributed by atoms with Gasteiger partial charge in [-0.2, -0.15) is 4.68 Å². The number of tetrazole rings is 1. The summed E-state index contributed by atoms with van der Waals surface area (Å²) in [7, 11) is 1.30. The highest BCUT2D eigenvalue weighted by atomic mass is 19.1. The van der Waals surface area contributed by atoms with Crippen LogP contribution in [-0.4, -0.2) is 49.5 Å². The maximum atomic E-state index is 14.4. The number of aromatic nitrogens is 4. The van der Waals surface area contributed by atoms with E-state index in [1.54, 1.807) is 20.8 Å². The van der Waals surface area contributed by atoms with Gasteiger partial charge < -0.3 is 9.84 Å². The minimum atomic E-state index is -1.17. The summed E-state index contributed by atoms with van der Waals surface area (Å²) in [6.07, 6.45) is 0. The zero-order valence-electron chi connectivity index (χ0n) is 17.2. The molecule has 0 radical (unpaired) electrons. The van der Waals surface area contributed by atoms with Crippen molar-refractivity contribution in [1.29, 1.82) is 0 Å². The summed E-state index contributed by atoms with van der Waals surface area (Å²) in [4.78, 5) is 38.7. The summed E-state index contributed by atoms with van der Waals surface area (Å²) < 4.78 is 20.6. The zero-order valence-corrected chi connectivity index (χ0v) is 17.2. The molecule has 10 nitrogen and oxygen atoms in total. The van der Waals surface area contributed by atoms with Gasteiger partial charge in [0.25, 0.3) is 0 Å². The van der Waals surface area contributed by atoms with Gasteiger partial charge in [0.15, 0.2) is 5.82 Å². The van der Waals surface area contributed by atoms with Crippen LogP contribution < -0.4 is 15.3 Å². The monoisotopic (exact) mass is 429 g/mol. The molecule has 0 atom stereocenters. The van der Waals surface area contributed by atoms with Crippen molar-refractivity contribution < 1.29 is 23.8 Å². The van der Waals surface area contributed by atoms with Crippen LogP contribution in [0.4, 0.5) is 14.9 Å². The van der Waals surface area contributed by atoms with E-state index in [-0.39, 0.29) is 22.7 Å². The van der Waals surface area contributed by atoms with E-state index < -0.39 is 29.0 Å². The number of carboxylic acid groups (broad SMARTS) is 1. The number of hydrogen-bond donors (Lipinski definition) is 1. The van der Waals surface area contributed by atoms with E-state index in [1.807, 2.05) is 0 Å². The molecule has 0 aliphatic rings. The number of amides is 1.